The number of benzene rings is 1. The number of hydrogen-bond donors (Lipinski definition) is 0. The molecule has 1 amide bonds. The molecule has 0 spiro atoms. The van der Waals surface area contributed by atoms with Crippen molar-refractivity contribution in [1.29, 1.82) is 0 Å². The Hall–Kier alpha value is -2.15. The molecule has 2 heterocycles. The summed E-state index contributed by atoms with van der Waals surface area (Å²) in [6.07, 6.45) is 0.409. The van der Waals surface area contributed by atoms with Gasteiger partial charge in [0.1, 0.15) is 10.8 Å². The molecule has 1 aliphatic heterocycles. The van der Waals surface area contributed by atoms with Gasteiger partial charge in [-0.3, -0.25) is 4.79 Å². The Morgan fingerprint density at radius 3 is 2.46 bits per heavy atom. The Kier molecular flexibility index (Phi) is 5.30. The quantitative estimate of drug-likeness (QED) is 0.831. The van der Waals surface area contributed by atoms with Crippen LogP contribution >= 0.6 is 11.3 Å². The minimum absolute atomic E-state index is 0.148. The standard InChI is InChI=1S/C17H22N4O2S/c1-13-3-5-15(6-4-13)23-12-7-16(22)20-8-10-21(11-9-20)17-19-18-14(2)24-17/h3-6H,7-12H2,1-2H3. The van der Waals surface area contributed by atoms with Crippen molar-refractivity contribution in [3.8, 4) is 5.75 Å². The van der Waals surface area contributed by atoms with E-state index in [2.05, 4.69) is 15.1 Å². The molecule has 0 aliphatic carbocycles. The summed E-state index contributed by atoms with van der Waals surface area (Å²) >= 11 is 1.60. The monoisotopic (exact) mass is 346 g/mol. The molecule has 0 bridgehead atoms. The highest BCUT2D eigenvalue weighted by Gasteiger charge is 2.22. The molecule has 1 aromatic carbocycles. The van der Waals surface area contributed by atoms with E-state index in [1.807, 2.05) is 43.0 Å². The smallest absolute Gasteiger partial charge is 0.226 e. The molecule has 1 aromatic heterocycles. The summed E-state index contributed by atoms with van der Waals surface area (Å²) in [6, 6.07) is 7.88. The lowest BCUT2D eigenvalue weighted by atomic mass is 10.2. The third-order valence-electron chi connectivity index (χ3n) is 4.02. The van der Waals surface area contributed by atoms with Crippen molar-refractivity contribution < 1.29 is 9.53 Å². The first-order chi connectivity index (χ1) is 11.6. The van der Waals surface area contributed by atoms with Crippen LogP contribution in [0.1, 0.15) is 17.0 Å². The first kappa shape index (κ1) is 16.7. The van der Waals surface area contributed by atoms with Crippen molar-refractivity contribution in [2.45, 2.75) is 20.3 Å². The van der Waals surface area contributed by atoms with E-state index in [9.17, 15) is 4.79 Å². The number of rotatable bonds is 5. The molecule has 3 rings (SSSR count). The molecule has 2 aromatic rings. The van der Waals surface area contributed by atoms with E-state index in [1.54, 1.807) is 11.3 Å². The first-order valence-electron chi connectivity index (χ1n) is 8.14. The maximum atomic E-state index is 12.3. The van der Waals surface area contributed by atoms with Crippen molar-refractivity contribution in [1.82, 2.24) is 15.1 Å². The van der Waals surface area contributed by atoms with Crippen molar-refractivity contribution in [2.75, 3.05) is 37.7 Å². The topological polar surface area (TPSA) is 58.6 Å². The van der Waals surface area contributed by atoms with Gasteiger partial charge in [0.2, 0.25) is 11.0 Å². The molecular weight excluding hydrogens is 324 g/mol. The van der Waals surface area contributed by atoms with Crippen molar-refractivity contribution >= 4 is 22.4 Å². The summed E-state index contributed by atoms with van der Waals surface area (Å²) in [5.74, 6) is 0.958. The van der Waals surface area contributed by atoms with Gasteiger partial charge in [0.05, 0.1) is 13.0 Å². The van der Waals surface area contributed by atoms with Crippen LogP contribution in [-0.2, 0) is 4.79 Å². The summed E-state index contributed by atoms with van der Waals surface area (Å²) in [7, 11) is 0. The first-order valence-corrected chi connectivity index (χ1v) is 8.96. The van der Waals surface area contributed by atoms with Crippen LogP contribution < -0.4 is 9.64 Å². The van der Waals surface area contributed by atoms with E-state index in [4.69, 9.17) is 4.74 Å². The summed E-state index contributed by atoms with van der Waals surface area (Å²) in [5.41, 5.74) is 1.20. The fourth-order valence-electron chi connectivity index (χ4n) is 2.61. The van der Waals surface area contributed by atoms with Crippen molar-refractivity contribution in [3.05, 3.63) is 34.8 Å². The van der Waals surface area contributed by atoms with Gasteiger partial charge in [-0.05, 0) is 26.0 Å². The van der Waals surface area contributed by atoms with Crippen LogP contribution in [-0.4, -0.2) is 53.8 Å². The Morgan fingerprint density at radius 2 is 1.83 bits per heavy atom. The van der Waals surface area contributed by atoms with E-state index in [0.717, 1.165) is 42.1 Å². The molecule has 1 saturated heterocycles. The minimum Gasteiger partial charge on any atom is -0.493 e. The second-order valence-corrected chi connectivity index (χ2v) is 7.04. The van der Waals surface area contributed by atoms with Gasteiger partial charge >= 0.3 is 0 Å². The number of hydrogen-bond acceptors (Lipinski definition) is 6. The zero-order valence-corrected chi connectivity index (χ0v) is 14.9. The van der Waals surface area contributed by atoms with E-state index in [-0.39, 0.29) is 5.91 Å². The number of piperazine rings is 1. The SMILES string of the molecule is Cc1ccc(OCCC(=O)N2CCN(c3nnc(C)s3)CC2)cc1. The second-order valence-electron chi connectivity index (χ2n) is 5.88. The Morgan fingerprint density at radius 1 is 1.12 bits per heavy atom. The maximum absolute atomic E-state index is 12.3. The van der Waals surface area contributed by atoms with Crippen LogP contribution in [0.4, 0.5) is 5.13 Å². The lowest BCUT2D eigenvalue weighted by Crippen LogP contribution is -2.49. The largest absolute Gasteiger partial charge is 0.493 e. The van der Waals surface area contributed by atoms with Gasteiger partial charge in [-0.25, -0.2) is 0 Å². The molecule has 0 unspecified atom stereocenters. The predicted octanol–water partition coefficient (Wildman–Crippen LogP) is 2.27. The van der Waals surface area contributed by atoms with Crippen molar-refractivity contribution in [2.24, 2.45) is 0 Å². The fourth-order valence-corrected chi connectivity index (χ4v) is 3.35. The Labute approximate surface area is 146 Å². The predicted molar refractivity (Wildman–Crippen MR) is 94.7 cm³/mol. The summed E-state index contributed by atoms with van der Waals surface area (Å²) in [5, 5.41) is 10.1. The fraction of sp³-hybridized carbons (Fsp3) is 0.471. The van der Waals surface area contributed by atoms with Gasteiger partial charge in [0, 0.05) is 26.2 Å². The molecule has 6 nitrogen and oxygen atoms in total. The van der Waals surface area contributed by atoms with Crippen LogP contribution in [0.25, 0.3) is 0 Å². The Balaban J connectivity index is 1.41. The average Bonchev–Trinajstić information content (AvgIpc) is 3.03. The third kappa shape index (κ3) is 4.23. The van der Waals surface area contributed by atoms with Crippen LogP contribution in [0.2, 0.25) is 0 Å². The lowest BCUT2D eigenvalue weighted by molar-refractivity contribution is -0.132. The van der Waals surface area contributed by atoms with Crippen LogP contribution in [0.3, 0.4) is 0 Å². The van der Waals surface area contributed by atoms with Gasteiger partial charge in [0.15, 0.2) is 0 Å². The van der Waals surface area contributed by atoms with Crippen LogP contribution in [0.15, 0.2) is 24.3 Å². The van der Waals surface area contributed by atoms with Gasteiger partial charge in [0.25, 0.3) is 0 Å². The van der Waals surface area contributed by atoms with E-state index in [0.29, 0.717) is 13.0 Å². The van der Waals surface area contributed by atoms with Crippen molar-refractivity contribution in [3.63, 3.8) is 0 Å². The molecule has 0 N–H and O–H groups in total. The number of anilines is 1. The molecular formula is C17H22N4O2S. The minimum atomic E-state index is 0.148. The highest BCUT2D eigenvalue weighted by Crippen LogP contribution is 2.21. The molecule has 0 radical (unpaired) electrons. The maximum Gasteiger partial charge on any atom is 0.226 e. The average molecular weight is 346 g/mol. The summed E-state index contributed by atoms with van der Waals surface area (Å²) in [6.45, 7) is 7.46. The number of carbonyl (C=O) groups excluding carboxylic acids is 1. The van der Waals surface area contributed by atoms with Gasteiger partial charge < -0.3 is 14.5 Å². The number of amides is 1. The number of carbonyl (C=O) groups is 1. The molecule has 1 aliphatic rings. The number of nitrogens with zero attached hydrogens (tertiary/aromatic N) is 4. The second kappa shape index (κ2) is 7.61. The molecule has 1 fully saturated rings. The zero-order valence-electron chi connectivity index (χ0n) is 14.1. The molecule has 0 saturated carbocycles. The van der Waals surface area contributed by atoms with Gasteiger partial charge in [-0.2, -0.15) is 0 Å². The van der Waals surface area contributed by atoms with E-state index in [1.165, 1.54) is 5.56 Å². The van der Waals surface area contributed by atoms with Crippen LogP contribution in [0, 0.1) is 13.8 Å². The Bertz CT molecular complexity index is 678. The molecule has 24 heavy (non-hydrogen) atoms. The number of aromatic nitrogens is 2. The third-order valence-corrected chi connectivity index (χ3v) is 4.92. The lowest BCUT2D eigenvalue weighted by Gasteiger charge is -2.34. The normalized spacial score (nSPS) is 14.8. The van der Waals surface area contributed by atoms with Gasteiger partial charge in [-0.15, -0.1) is 10.2 Å². The number of aryl methyl sites for hydroxylation is 2. The molecule has 0 atom stereocenters. The number of ether oxygens (including phenoxy) is 1. The van der Waals surface area contributed by atoms with E-state index >= 15 is 0 Å². The van der Waals surface area contributed by atoms with Gasteiger partial charge in [-0.1, -0.05) is 29.0 Å². The highest BCUT2D eigenvalue weighted by molar-refractivity contribution is 7.15. The molecule has 7 heteroatoms. The zero-order chi connectivity index (χ0) is 16.9. The highest BCUT2D eigenvalue weighted by atomic mass is 32.1. The van der Waals surface area contributed by atoms with Crippen LogP contribution in [0.5, 0.6) is 5.75 Å². The summed E-state index contributed by atoms with van der Waals surface area (Å²) in [4.78, 5) is 16.4. The molecule has 128 valence electrons. The summed E-state index contributed by atoms with van der Waals surface area (Å²) < 4.78 is 5.64. The van der Waals surface area contributed by atoms with E-state index < -0.39 is 0 Å².